The lowest BCUT2D eigenvalue weighted by Gasteiger charge is -2.03. The molecule has 2 aromatic rings. The fraction of sp³-hybridized carbons (Fsp3) is 0.176. The highest BCUT2D eigenvalue weighted by atomic mass is 16.6. The van der Waals surface area contributed by atoms with Crippen LogP contribution in [0.2, 0.25) is 0 Å². The number of nitro groups is 1. The van der Waals surface area contributed by atoms with E-state index in [1.54, 1.807) is 44.2 Å². The first-order chi connectivity index (χ1) is 11.5. The first-order valence-electron chi connectivity index (χ1n) is 7.11. The van der Waals surface area contributed by atoms with E-state index in [1.165, 1.54) is 12.1 Å². The van der Waals surface area contributed by atoms with Gasteiger partial charge in [-0.1, -0.05) is 12.1 Å². The molecule has 0 saturated carbocycles. The molecule has 0 radical (unpaired) electrons. The van der Waals surface area contributed by atoms with Gasteiger partial charge in [-0.2, -0.15) is 5.26 Å². The third kappa shape index (κ3) is 3.50. The third-order valence-corrected chi connectivity index (χ3v) is 3.30. The molecule has 0 fully saturated rings. The summed E-state index contributed by atoms with van der Waals surface area (Å²) in [4.78, 5) is 22.1. The number of carbonyl (C=O) groups excluding carboxylic acids is 1. The summed E-state index contributed by atoms with van der Waals surface area (Å²) in [6.45, 7) is 3.43. The minimum absolute atomic E-state index is 0.00905. The van der Waals surface area contributed by atoms with E-state index in [0.29, 0.717) is 16.9 Å². The molecule has 1 heterocycles. The maximum atomic E-state index is 11.6. The molecule has 122 valence electrons. The first-order valence-corrected chi connectivity index (χ1v) is 7.11. The van der Waals surface area contributed by atoms with E-state index in [1.807, 2.05) is 0 Å². The second-order valence-corrected chi connectivity index (χ2v) is 4.80. The monoisotopic (exact) mass is 326 g/mol. The molecule has 2 rings (SSSR count). The molecule has 0 saturated heterocycles. The Hall–Kier alpha value is -3.40. The number of benzene rings is 1. The fourth-order valence-corrected chi connectivity index (χ4v) is 2.15. The van der Waals surface area contributed by atoms with Crippen LogP contribution >= 0.6 is 0 Å². The Kier molecular flexibility index (Phi) is 5.12. The van der Waals surface area contributed by atoms with E-state index in [0.717, 1.165) is 0 Å². The molecular formula is C17H14N2O5. The highest BCUT2D eigenvalue weighted by Gasteiger charge is 2.17. The quantitative estimate of drug-likeness (QED) is 0.273. The summed E-state index contributed by atoms with van der Waals surface area (Å²) in [6.07, 6.45) is 1.27. The van der Waals surface area contributed by atoms with Crippen LogP contribution in [0.4, 0.5) is 5.69 Å². The molecule has 0 aliphatic rings. The predicted molar refractivity (Wildman–Crippen MR) is 85.8 cm³/mol. The average Bonchev–Trinajstić information content (AvgIpc) is 3.01. The zero-order valence-corrected chi connectivity index (χ0v) is 13.1. The Morgan fingerprint density at radius 3 is 2.79 bits per heavy atom. The van der Waals surface area contributed by atoms with Gasteiger partial charge >= 0.3 is 5.97 Å². The van der Waals surface area contributed by atoms with Crippen LogP contribution in [0.5, 0.6) is 0 Å². The highest BCUT2D eigenvalue weighted by Crippen LogP contribution is 2.31. The van der Waals surface area contributed by atoms with Gasteiger partial charge in [-0.05, 0) is 26.0 Å². The Bertz CT molecular complexity index is 858. The second-order valence-electron chi connectivity index (χ2n) is 4.80. The van der Waals surface area contributed by atoms with Crippen molar-refractivity contribution >= 4 is 17.7 Å². The fourth-order valence-electron chi connectivity index (χ4n) is 2.15. The number of esters is 1. The summed E-state index contributed by atoms with van der Waals surface area (Å²) < 4.78 is 10.4. The molecule has 0 amide bonds. The zero-order chi connectivity index (χ0) is 17.7. The van der Waals surface area contributed by atoms with Crippen molar-refractivity contribution in [2.24, 2.45) is 0 Å². The molecule has 0 bridgehead atoms. The summed E-state index contributed by atoms with van der Waals surface area (Å²) in [5, 5.41) is 20.0. The Labute approximate surface area is 137 Å². The van der Waals surface area contributed by atoms with Crippen molar-refractivity contribution in [3.63, 3.8) is 0 Å². The molecular weight excluding hydrogens is 312 g/mol. The van der Waals surface area contributed by atoms with Crippen molar-refractivity contribution in [3.8, 4) is 17.4 Å². The maximum absolute atomic E-state index is 11.6. The predicted octanol–water partition coefficient (Wildman–Crippen LogP) is 3.63. The molecule has 0 unspecified atom stereocenters. The molecule has 1 aromatic carbocycles. The summed E-state index contributed by atoms with van der Waals surface area (Å²) >= 11 is 0. The standard InChI is InChI=1S/C17H14N2O5/c1-3-23-17(20)12(10-18)9-13-7-8-16(24-13)14-5-4-6-15(11(14)2)19(21)22/h4-9H,3H2,1-2H3/b12-9+. The van der Waals surface area contributed by atoms with E-state index in [9.17, 15) is 14.9 Å². The number of rotatable bonds is 5. The van der Waals surface area contributed by atoms with Crippen molar-refractivity contribution < 1.29 is 18.9 Å². The summed E-state index contributed by atoms with van der Waals surface area (Å²) in [5.41, 5.74) is 0.843. The number of hydrogen-bond acceptors (Lipinski definition) is 6. The van der Waals surface area contributed by atoms with E-state index in [-0.39, 0.29) is 23.6 Å². The molecule has 0 N–H and O–H groups in total. The zero-order valence-electron chi connectivity index (χ0n) is 13.1. The van der Waals surface area contributed by atoms with Crippen LogP contribution in [-0.2, 0) is 9.53 Å². The molecule has 7 nitrogen and oxygen atoms in total. The van der Waals surface area contributed by atoms with Gasteiger partial charge < -0.3 is 9.15 Å². The number of carbonyl (C=O) groups is 1. The highest BCUT2D eigenvalue weighted by molar-refractivity contribution is 5.97. The van der Waals surface area contributed by atoms with Crippen LogP contribution in [0.25, 0.3) is 17.4 Å². The molecule has 24 heavy (non-hydrogen) atoms. The smallest absolute Gasteiger partial charge is 0.349 e. The SMILES string of the molecule is CCOC(=O)/C(C#N)=C/c1ccc(-c2cccc([N+](=O)[O-])c2C)o1. The van der Waals surface area contributed by atoms with Gasteiger partial charge in [0.1, 0.15) is 23.2 Å². The van der Waals surface area contributed by atoms with Crippen molar-refractivity contribution in [1.29, 1.82) is 5.26 Å². The van der Waals surface area contributed by atoms with E-state index in [2.05, 4.69) is 0 Å². The van der Waals surface area contributed by atoms with Gasteiger partial charge in [0, 0.05) is 23.3 Å². The summed E-state index contributed by atoms with van der Waals surface area (Å²) in [5.74, 6) is -0.0476. The summed E-state index contributed by atoms with van der Waals surface area (Å²) in [7, 11) is 0. The van der Waals surface area contributed by atoms with Gasteiger partial charge in [0.15, 0.2) is 0 Å². The number of nitrogens with zero attached hydrogens (tertiary/aromatic N) is 2. The lowest BCUT2D eigenvalue weighted by molar-refractivity contribution is -0.385. The van der Waals surface area contributed by atoms with Gasteiger partial charge in [0.05, 0.1) is 11.5 Å². The van der Waals surface area contributed by atoms with Crippen LogP contribution in [0, 0.1) is 28.4 Å². The van der Waals surface area contributed by atoms with Crippen LogP contribution in [0.3, 0.4) is 0 Å². The van der Waals surface area contributed by atoms with Crippen LogP contribution in [0.15, 0.2) is 40.3 Å². The van der Waals surface area contributed by atoms with Gasteiger partial charge in [0.25, 0.3) is 5.69 Å². The molecule has 0 aliphatic carbocycles. The van der Waals surface area contributed by atoms with Gasteiger partial charge in [0.2, 0.25) is 0 Å². The number of nitriles is 1. The lowest BCUT2D eigenvalue weighted by atomic mass is 10.1. The lowest BCUT2D eigenvalue weighted by Crippen LogP contribution is -2.05. The van der Waals surface area contributed by atoms with Crippen LogP contribution in [0.1, 0.15) is 18.2 Å². The largest absolute Gasteiger partial charge is 0.462 e. The molecule has 0 aliphatic heterocycles. The minimum Gasteiger partial charge on any atom is -0.462 e. The molecule has 0 atom stereocenters. The van der Waals surface area contributed by atoms with E-state index in [4.69, 9.17) is 14.4 Å². The van der Waals surface area contributed by atoms with Crippen molar-refractivity contribution in [3.05, 3.63) is 57.3 Å². The number of hydrogen-bond donors (Lipinski definition) is 0. The Morgan fingerprint density at radius 1 is 1.42 bits per heavy atom. The third-order valence-electron chi connectivity index (χ3n) is 3.30. The van der Waals surface area contributed by atoms with Crippen molar-refractivity contribution in [2.75, 3.05) is 6.61 Å². The second kappa shape index (κ2) is 7.24. The topological polar surface area (TPSA) is 106 Å². The maximum Gasteiger partial charge on any atom is 0.349 e. The van der Waals surface area contributed by atoms with Crippen molar-refractivity contribution in [1.82, 2.24) is 0 Å². The van der Waals surface area contributed by atoms with E-state index < -0.39 is 10.9 Å². The normalized spacial score (nSPS) is 11.0. The minimum atomic E-state index is -0.732. The molecule has 7 heteroatoms. The van der Waals surface area contributed by atoms with Gasteiger partial charge in [-0.15, -0.1) is 0 Å². The van der Waals surface area contributed by atoms with Crippen LogP contribution in [-0.4, -0.2) is 17.5 Å². The summed E-state index contributed by atoms with van der Waals surface area (Å²) in [6, 6.07) is 9.63. The van der Waals surface area contributed by atoms with Gasteiger partial charge in [-0.25, -0.2) is 4.79 Å². The Morgan fingerprint density at radius 2 is 2.17 bits per heavy atom. The number of ether oxygens (including phenoxy) is 1. The molecule has 0 spiro atoms. The van der Waals surface area contributed by atoms with Crippen molar-refractivity contribution in [2.45, 2.75) is 13.8 Å². The molecule has 1 aromatic heterocycles. The van der Waals surface area contributed by atoms with E-state index >= 15 is 0 Å². The Balaban J connectivity index is 2.39. The first kappa shape index (κ1) is 17.0. The number of nitro benzene ring substituents is 1. The average molecular weight is 326 g/mol. The van der Waals surface area contributed by atoms with Gasteiger partial charge in [-0.3, -0.25) is 10.1 Å². The van der Waals surface area contributed by atoms with Crippen LogP contribution < -0.4 is 0 Å². The number of furan rings is 1.